The van der Waals surface area contributed by atoms with Gasteiger partial charge in [-0.2, -0.15) is 0 Å². The Labute approximate surface area is 113 Å². The van der Waals surface area contributed by atoms with Gasteiger partial charge in [0.25, 0.3) is 0 Å². The first-order chi connectivity index (χ1) is 9.11. The summed E-state index contributed by atoms with van der Waals surface area (Å²) in [5, 5.41) is 13.8. The van der Waals surface area contributed by atoms with Crippen molar-refractivity contribution in [3.63, 3.8) is 0 Å². The average Bonchev–Trinajstić information content (AvgIpc) is 2.37. The zero-order valence-electron chi connectivity index (χ0n) is 11.1. The summed E-state index contributed by atoms with van der Waals surface area (Å²) in [4.78, 5) is 21.8. The van der Waals surface area contributed by atoms with Crippen LogP contribution in [0.2, 0.25) is 0 Å². The monoisotopic (exact) mass is 264 g/mol. The number of aryl methyl sites for hydroxylation is 1. The van der Waals surface area contributed by atoms with E-state index in [1.165, 1.54) is 5.56 Å². The fraction of sp³-hybridized carbons (Fsp3) is 0.429. The molecule has 0 aliphatic rings. The predicted octanol–water partition coefficient (Wildman–Crippen LogP) is 2.63. The molecule has 0 spiro atoms. The van der Waals surface area contributed by atoms with Crippen LogP contribution in [0.5, 0.6) is 0 Å². The highest BCUT2D eigenvalue weighted by molar-refractivity contribution is 5.89. The van der Waals surface area contributed by atoms with Crippen LogP contribution in [-0.4, -0.2) is 23.7 Å². The highest BCUT2D eigenvalue weighted by Gasteiger charge is 2.02. The lowest BCUT2D eigenvalue weighted by molar-refractivity contribution is -0.137. The number of nitrogens with one attached hydrogen (secondary N) is 2. The topological polar surface area (TPSA) is 78.4 Å². The molecule has 104 valence electrons. The maximum absolute atomic E-state index is 11.5. The number of hydrogen-bond donors (Lipinski definition) is 3. The zero-order chi connectivity index (χ0) is 14.1. The van der Waals surface area contributed by atoms with E-state index in [0.717, 1.165) is 18.5 Å². The second-order valence-corrected chi connectivity index (χ2v) is 4.33. The van der Waals surface area contributed by atoms with Gasteiger partial charge in [-0.05, 0) is 30.5 Å². The van der Waals surface area contributed by atoms with Gasteiger partial charge in [0.2, 0.25) is 0 Å². The van der Waals surface area contributed by atoms with Gasteiger partial charge in [-0.25, -0.2) is 4.79 Å². The first-order valence-corrected chi connectivity index (χ1v) is 6.47. The molecule has 2 amide bonds. The largest absolute Gasteiger partial charge is 0.481 e. The van der Waals surface area contributed by atoms with E-state index in [9.17, 15) is 9.59 Å². The number of rotatable bonds is 7. The SMILES string of the molecule is CCCc1ccc(NC(=O)NCCCC(=O)O)cc1. The van der Waals surface area contributed by atoms with Crippen molar-refractivity contribution in [2.75, 3.05) is 11.9 Å². The molecular formula is C14H20N2O3. The van der Waals surface area contributed by atoms with Crippen LogP contribution in [0.3, 0.4) is 0 Å². The fourth-order valence-corrected chi connectivity index (χ4v) is 1.66. The van der Waals surface area contributed by atoms with Gasteiger partial charge < -0.3 is 15.7 Å². The van der Waals surface area contributed by atoms with Crippen molar-refractivity contribution in [1.29, 1.82) is 0 Å². The van der Waals surface area contributed by atoms with E-state index in [1.54, 1.807) is 0 Å². The summed E-state index contributed by atoms with van der Waals surface area (Å²) in [6.45, 7) is 2.47. The Kier molecular flexibility index (Phi) is 6.43. The summed E-state index contributed by atoms with van der Waals surface area (Å²) in [7, 11) is 0. The summed E-state index contributed by atoms with van der Waals surface area (Å²) < 4.78 is 0. The second kappa shape index (κ2) is 8.13. The van der Waals surface area contributed by atoms with Gasteiger partial charge in [0, 0.05) is 18.7 Å². The zero-order valence-corrected chi connectivity index (χ0v) is 11.1. The lowest BCUT2D eigenvalue weighted by atomic mass is 10.1. The van der Waals surface area contributed by atoms with E-state index in [1.807, 2.05) is 24.3 Å². The molecule has 3 N–H and O–H groups in total. The molecule has 1 aromatic carbocycles. The van der Waals surface area contributed by atoms with Crippen molar-refractivity contribution in [1.82, 2.24) is 5.32 Å². The van der Waals surface area contributed by atoms with Crippen LogP contribution in [0, 0.1) is 0 Å². The fourth-order valence-electron chi connectivity index (χ4n) is 1.66. The van der Waals surface area contributed by atoms with E-state index in [-0.39, 0.29) is 12.5 Å². The molecule has 0 atom stereocenters. The summed E-state index contributed by atoms with van der Waals surface area (Å²) in [5.74, 6) is -0.853. The first-order valence-electron chi connectivity index (χ1n) is 6.47. The van der Waals surface area contributed by atoms with Crippen molar-refractivity contribution >= 4 is 17.7 Å². The molecule has 0 aromatic heterocycles. The Morgan fingerprint density at radius 3 is 2.47 bits per heavy atom. The molecule has 0 unspecified atom stereocenters. The van der Waals surface area contributed by atoms with Crippen LogP contribution in [-0.2, 0) is 11.2 Å². The van der Waals surface area contributed by atoms with E-state index in [2.05, 4.69) is 17.6 Å². The number of carboxylic acid groups (broad SMARTS) is 1. The van der Waals surface area contributed by atoms with Crippen molar-refractivity contribution in [3.05, 3.63) is 29.8 Å². The van der Waals surface area contributed by atoms with Gasteiger partial charge in [0.15, 0.2) is 0 Å². The smallest absolute Gasteiger partial charge is 0.319 e. The summed E-state index contributed by atoms with van der Waals surface area (Å²) in [6.07, 6.45) is 2.61. The number of anilines is 1. The van der Waals surface area contributed by atoms with Crippen molar-refractivity contribution in [2.45, 2.75) is 32.6 Å². The molecule has 1 rings (SSSR count). The Hall–Kier alpha value is -2.04. The summed E-state index contributed by atoms with van der Waals surface area (Å²) >= 11 is 0. The summed E-state index contributed by atoms with van der Waals surface area (Å²) in [5.41, 5.74) is 1.98. The molecule has 0 saturated carbocycles. The first kappa shape index (κ1) is 15.0. The van der Waals surface area contributed by atoms with Crippen molar-refractivity contribution < 1.29 is 14.7 Å². The van der Waals surface area contributed by atoms with Gasteiger partial charge in [-0.15, -0.1) is 0 Å². The van der Waals surface area contributed by atoms with Crippen LogP contribution in [0.4, 0.5) is 10.5 Å². The molecule has 0 bridgehead atoms. The van der Waals surface area contributed by atoms with Crippen LogP contribution >= 0.6 is 0 Å². The molecule has 0 aliphatic heterocycles. The Morgan fingerprint density at radius 1 is 1.21 bits per heavy atom. The van der Waals surface area contributed by atoms with Gasteiger partial charge in [0.1, 0.15) is 0 Å². The molecule has 1 aromatic rings. The molecule has 0 saturated heterocycles. The van der Waals surface area contributed by atoms with Gasteiger partial charge in [0.05, 0.1) is 0 Å². The lowest BCUT2D eigenvalue weighted by Gasteiger charge is -2.07. The second-order valence-electron chi connectivity index (χ2n) is 4.33. The number of carbonyl (C=O) groups excluding carboxylic acids is 1. The van der Waals surface area contributed by atoms with E-state index in [4.69, 9.17) is 5.11 Å². The third-order valence-electron chi connectivity index (χ3n) is 2.60. The standard InChI is InChI=1S/C14H20N2O3/c1-2-4-11-6-8-12(9-7-11)16-14(19)15-10-3-5-13(17)18/h6-9H,2-5,10H2,1H3,(H,17,18)(H2,15,16,19). The van der Waals surface area contributed by atoms with Crippen molar-refractivity contribution in [2.24, 2.45) is 0 Å². The van der Waals surface area contributed by atoms with Crippen LogP contribution in [0.25, 0.3) is 0 Å². The van der Waals surface area contributed by atoms with E-state index < -0.39 is 5.97 Å². The molecule has 0 aliphatic carbocycles. The number of benzene rings is 1. The normalized spacial score (nSPS) is 9.95. The quantitative estimate of drug-likeness (QED) is 0.662. The molecule has 19 heavy (non-hydrogen) atoms. The number of urea groups is 1. The molecule has 5 heteroatoms. The number of carbonyl (C=O) groups is 2. The van der Waals surface area contributed by atoms with E-state index >= 15 is 0 Å². The number of aliphatic carboxylic acids is 1. The number of hydrogen-bond acceptors (Lipinski definition) is 2. The highest BCUT2D eigenvalue weighted by atomic mass is 16.4. The third kappa shape index (κ3) is 6.45. The molecule has 0 fully saturated rings. The predicted molar refractivity (Wildman–Crippen MR) is 74.3 cm³/mol. The number of carboxylic acids is 1. The van der Waals surface area contributed by atoms with Gasteiger partial charge >= 0.3 is 12.0 Å². The molecular weight excluding hydrogens is 244 g/mol. The maximum Gasteiger partial charge on any atom is 0.319 e. The molecule has 0 radical (unpaired) electrons. The minimum Gasteiger partial charge on any atom is -0.481 e. The maximum atomic E-state index is 11.5. The Balaban J connectivity index is 2.29. The van der Waals surface area contributed by atoms with Crippen LogP contribution in [0.1, 0.15) is 31.7 Å². The third-order valence-corrected chi connectivity index (χ3v) is 2.60. The minimum atomic E-state index is -0.853. The van der Waals surface area contributed by atoms with Crippen LogP contribution in [0.15, 0.2) is 24.3 Å². The van der Waals surface area contributed by atoms with E-state index in [0.29, 0.717) is 13.0 Å². The Bertz CT molecular complexity index is 415. The molecule has 5 nitrogen and oxygen atoms in total. The Morgan fingerprint density at radius 2 is 1.89 bits per heavy atom. The summed E-state index contributed by atoms with van der Waals surface area (Å²) in [6, 6.07) is 7.39. The van der Waals surface area contributed by atoms with Crippen LogP contribution < -0.4 is 10.6 Å². The molecule has 0 heterocycles. The van der Waals surface area contributed by atoms with Crippen molar-refractivity contribution in [3.8, 4) is 0 Å². The highest BCUT2D eigenvalue weighted by Crippen LogP contribution is 2.10. The minimum absolute atomic E-state index is 0.0615. The van der Waals surface area contributed by atoms with Gasteiger partial charge in [-0.3, -0.25) is 4.79 Å². The number of amides is 2. The lowest BCUT2D eigenvalue weighted by Crippen LogP contribution is -2.29. The van der Waals surface area contributed by atoms with Gasteiger partial charge in [-0.1, -0.05) is 25.5 Å². The average molecular weight is 264 g/mol.